The van der Waals surface area contributed by atoms with Gasteiger partial charge >= 0.3 is 18.5 Å². The highest BCUT2D eigenvalue weighted by Crippen LogP contribution is 2.39. The zero-order chi connectivity index (χ0) is 8.58. The molecule has 10 heavy (non-hydrogen) atoms. The molecule has 0 aromatic carbocycles. The van der Waals surface area contributed by atoms with Crippen LogP contribution in [0.15, 0.2) is 0 Å². The molecule has 7 heteroatoms. The lowest BCUT2D eigenvalue weighted by atomic mass is 10.3. The van der Waals surface area contributed by atoms with E-state index in [2.05, 4.69) is 0 Å². The molecule has 0 saturated heterocycles. The van der Waals surface area contributed by atoms with Gasteiger partial charge in [-0.25, -0.2) is 4.39 Å². The molecule has 0 rings (SSSR count). The first-order chi connectivity index (χ1) is 4.15. The molecule has 0 unspecified atom stereocenters. The maximum Gasteiger partial charge on any atom is 0.435 e. The first kappa shape index (κ1) is 9.54. The van der Waals surface area contributed by atoms with Crippen LogP contribution in [0.4, 0.5) is 26.3 Å². The minimum atomic E-state index is -5.87. The van der Waals surface area contributed by atoms with Gasteiger partial charge in [-0.3, -0.25) is 0 Å². The molecular formula is C3F6O. The number of rotatable bonds is 1. The molecule has 60 valence electrons. The van der Waals surface area contributed by atoms with Crippen molar-refractivity contribution >= 4 is 0 Å². The van der Waals surface area contributed by atoms with E-state index in [1.807, 2.05) is 0 Å². The van der Waals surface area contributed by atoms with E-state index in [1.54, 1.807) is 0 Å². The third-order valence-corrected chi connectivity index (χ3v) is 0.504. The lowest BCUT2D eigenvalue weighted by molar-refractivity contribution is -0.294. The molecule has 0 aliphatic heterocycles. The van der Waals surface area contributed by atoms with E-state index in [0.717, 1.165) is 0 Å². The summed E-state index contributed by atoms with van der Waals surface area (Å²) in [5.74, 6) is 0. The minimum Gasteiger partial charge on any atom is -0.219 e. The van der Waals surface area contributed by atoms with Crippen molar-refractivity contribution in [3.05, 3.63) is 6.17 Å². The Morgan fingerprint density at radius 1 is 1.00 bits per heavy atom. The Balaban J connectivity index is 4.23. The van der Waals surface area contributed by atoms with E-state index >= 15 is 0 Å². The van der Waals surface area contributed by atoms with Gasteiger partial charge in [0.15, 0.2) is 0 Å². The maximum atomic E-state index is 11.1. The topological polar surface area (TPSA) is 19.9 Å². The van der Waals surface area contributed by atoms with E-state index in [9.17, 15) is 26.3 Å². The van der Waals surface area contributed by atoms with Gasteiger partial charge in [0.1, 0.15) is 0 Å². The standard InChI is InChI=1S/C3F6O/c4-1(2(5,6)7)3(8,9)10. The molecule has 0 aliphatic carbocycles. The second kappa shape index (κ2) is 2.30. The van der Waals surface area contributed by atoms with E-state index in [1.165, 1.54) is 0 Å². The highest BCUT2D eigenvalue weighted by molar-refractivity contribution is 4.92. The van der Waals surface area contributed by atoms with Crippen molar-refractivity contribution in [3.63, 3.8) is 0 Å². The van der Waals surface area contributed by atoms with E-state index in [4.69, 9.17) is 5.11 Å². The van der Waals surface area contributed by atoms with Crippen LogP contribution >= 0.6 is 0 Å². The van der Waals surface area contributed by atoms with Crippen LogP contribution in [-0.2, 0) is 5.11 Å². The Morgan fingerprint density at radius 3 is 1.30 bits per heavy atom. The van der Waals surface area contributed by atoms with Crippen molar-refractivity contribution < 1.29 is 31.4 Å². The van der Waals surface area contributed by atoms with Gasteiger partial charge < -0.3 is 0 Å². The largest absolute Gasteiger partial charge is 0.435 e. The van der Waals surface area contributed by atoms with Gasteiger partial charge in [0.25, 0.3) is 0 Å². The second-order valence-corrected chi connectivity index (χ2v) is 1.33. The van der Waals surface area contributed by atoms with Gasteiger partial charge in [-0.2, -0.15) is 27.1 Å². The summed E-state index contributed by atoms with van der Waals surface area (Å²) in [4.78, 5) is 0. The van der Waals surface area contributed by atoms with Crippen molar-refractivity contribution in [1.29, 1.82) is 0 Å². The molecular weight excluding hydrogens is 166 g/mol. The number of hydrogen-bond donors (Lipinski definition) is 0. The summed E-state index contributed by atoms with van der Waals surface area (Å²) in [7, 11) is 0. The summed E-state index contributed by atoms with van der Waals surface area (Å²) < 4.78 is 65.6. The molecule has 0 saturated carbocycles. The molecule has 0 atom stereocenters. The summed E-state index contributed by atoms with van der Waals surface area (Å²) in [5.41, 5.74) is 0. The first-order valence-electron chi connectivity index (χ1n) is 1.84. The molecule has 0 aromatic rings. The van der Waals surface area contributed by atoms with Gasteiger partial charge in [-0.1, -0.05) is 0 Å². The predicted molar refractivity (Wildman–Crippen MR) is 16.0 cm³/mol. The summed E-state index contributed by atoms with van der Waals surface area (Å²) in [5, 5.41) is 8.98. The smallest absolute Gasteiger partial charge is 0.219 e. The highest BCUT2D eigenvalue weighted by Gasteiger charge is 2.59. The monoisotopic (exact) mass is 166 g/mol. The van der Waals surface area contributed by atoms with Crippen LogP contribution < -0.4 is 0 Å². The number of alkyl halides is 5. The molecule has 0 aromatic heterocycles. The van der Waals surface area contributed by atoms with E-state index in [-0.39, 0.29) is 0 Å². The molecule has 0 amide bonds. The SMILES string of the molecule is [O]C(F)(F)[C](F)C(F)(F)F. The average molecular weight is 166 g/mol. The maximum absolute atomic E-state index is 11.1. The fraction of sp³-hybridized carbons (Fsp3) is 0.667. The van der Waals surface area contributed by atoms with Crippen molar-refractivity contribution in [2.24, 2.45) is 0 Å². The molecule has 0 N–H and O–H groups in total. The van der Waals surface area contributed by atoms with Crippen LogP contribution in [0.5, 0.6) is 0 Å². The van der Waals surface area contributed by atoms with Gasteiger partial charge in [-0.05, 0) is 0 Å². The fourth-order valence-corrected chi connectivity index (χ4v) is 0.165. The highest BCUT2D eigenvalue weighted by atomic mass is 19.4. The lowest BCUT2D eigenvalue weighted by Gasteiger charge is -2.12. The van der Waals surface area contributed by atoms with Gasteiger partial charge in [0.2, 0.25) is 0 Å². The van der Waals surface area contributed by atoms with Gasteiger partial charge in [-0.15, -0.1) is 0 Å². The Labute approximate surface area is 51.3 Å². The van der Waals surface area contributed by atoms with Crippen LogP contribution in [0.25, 0.3) is 0 Å². The number of halogens is 6. The Morgan fingerprint density at radius 2 is 1.30 bits per heavy atom. The molecule has 0 spiro atoms. The molecule has 2 radical (unpaired) electrons. The third-order valence-electron chi connectivity index (χ3n) is 0.504. The average Bonchev–Trinajstić information content (AvgIpc) is 1.59. The van der Waals surface area contributed by atoms with Crippen molar-refractivity contribution in [1.82, 2.24) is 0 Å². The molecule has 0 bridgehead atoms. The lowest BCUT2D eigenvalue weighted by Crippen LogP contribution is -2.32. The zero-order valence-electron chi connectivity index (χ0n) is 4.18. The fourth-order valence-electron chi connectivity index (χ4n) is 0.165. The third kappa shape index (κ3) is 2.42. The quantitative estimate of drug-likeness (QED) is 0.531. The molecule has 0 fully saturated rings. The molecule has 0 heterocycles. The summed E-state index contributed by atoms with van der Waals surface area (Å²) in [6.45, 7) is 0. The summed E-state index contributed by atoms with van der Waals surface area (Å²) in [6, 6.07) is 0. The first-order valence-corrected chi connectivity index (χ1v) is 1.84. The van der Waals surface area contributed by atoms with Crippen molar-refractivity contribution in [2.45, 2.75) is 12.3 Å². The second-order valence-electron chi connectivity index (χ2n) is 1.33. The Kier molecular flexibility index (Phi) is 2.19. The van der Waals surface area contributed by atoms with Gasteiger partial charge in [0, 0.05) is 0 Å². The Hall–Kier alpha value is -0.460. The number of hydrogen-bond acceptors (Lipinski definition) is 0. The van der Waals surface area contributed by atoms with Crippen LogP contribution in [0, 0.1) is 6.17 Å². The molecule has 1 nitrogen and oxygen atoms in total. The predicted octanol–water partition coefficient (Wildman–Crippen LogP) is 2.07. The van der Waals surface area contributed by atoms with Crippen molar-refractivity contribution in [3.8, 4) is 0 Å². The van der Waals surface area contributed by atoms with Gasteiger partial charge in [0.05, 0.1) is 0 Å². The normalized spacial score (nSPS) is 14.4. The minimum absolute atomic E-state index is 3.82. The van der Waals surface area contributed by atoms with Crippen LogP contribution in [0.2, 0.25) is 0 Å². The van der Waals surface area contributed by atoms with E-state index in [0.29, 0.717) is 0 Å². The van der Waals surface area contributed by atoms with Crippen LogP contribution in [0.1, 0.15) is 0 Å². The molecule has 0 aliphatic rings. The summed E-state index contributed by atoms with van der Waals surface area (Å²) >= 11 is 0. The Bertz CT molecular complexity index is 97.1. The zero-order valence-corrected chi connectivity index (χ0v) is 4.18. The van der Waals surface area contributed by atoms with Crippen LogP contribution in [-0.4, -0.2) is 12.3 Å². The summed E-state index contributed by atoms with van der Waals surface area (Å²) in [6.07, 6.45) is -15.4. The van der Waals surface area contributed by atoms with Crippen molar-refractivity contribution in [2.75, 3.05) is 0 Å². The van der Waals surface area contributed by atoms with E-state index < -0.39 is 18.5 Å². The van der Waals surface area contributed by atoms with Crippen LogP contribution in [0.3, 0.4) is 0 Å².